The van der Waals surface area contributed by atoms with Crippen LogP contribution in [0.4, 0.5) is 0 Å². The molecule has 0 aliphatic heterocycles. The van der Waals surface area contributed by atoms with E-state index in [4.69, 9.17) is 10.5 Å². The van der Waals surface area contributed by atoms with E-state index >= 15 is 0 Å². The molecule has 2 N–H and O–H groups in total. The summed E-state index contributed by atoms with van der Waals surface area (Å²) in [5.41, 5.74) is 6.64. The van der Waals surface area contributed by atoms with Crippen LogP contribution < -0.4 is 5.73 Å². The highest BCUT2D eigenvalue weighted by atomic mass is 16.5. The van der Waals surface area contributed by atoms with Gasteiger partial charge in [-0.3, -0.25) is 4.79 Å². The number of hydrogen-bond acceptors (Lipinski definition) is 3. The second-order valence-electron chi connectivity index (χ2n) is 8.66. The third kappa shape index (κ3) is 12.1. The summed E-state index contributed by atoms with van der Waals surface area (Å²) < 4.78 is 4.99. The van der Waals surface area contributed by atoms with Crippen LogP contribution in [0.5, 0.6) is 0 Å². The van der Waals surface area contributed by atoms with Crippen LogP contribution in [-0.2, 0) is 16.0 Å². The Bertz CT molecular complexity index is 517. The molecule has 1 atom stereocenters. The van der Waals surface area contributed by atoms with Crippen molar-refractivity contribution < 1.29 is 9.53 Å². The maximum atomic E-state index is 12.3. The molecule has 166 valence electrons. The molecule has 1 unspecified atom stereocenters. The van der Waals surface area contributed by atoms with Crippen LogP contribution in [0.1, 0.15) is 109 Å². The molecule has 29 heavy (non-hydrogen) atoms. The van der Waals surface area contributed by atoms with Gasteiger partial charge in [0.25, 0.3) is 0 Å². The summed E-state index contributed by atoms with van der Waals surface area (Å²) in [7, 11) is 1.43. The van der Waals surface area contributed by atoms with Gasteiger partial charge in [-0.1, -0.05) is 127 Å². The molecule has 0 saturated carbocycles. The van der Waals surface area contributed by atoms with Gasteiger partial charge in [0.15, 0.2) is 0 Å². The first-order chi connectivity index (χ1) is 14.1. The molecule has 0 bridgehead atoms. The smallest absolute Gasteiger partial charge is 0.326 e. The highest BCUT2D eigenvalue weighted by Gasteiger charge is 2.34. The summed E-state index contributed by atoms with van der Waals surface area (Å²) in [5.74, 6) is -0.295. The average molecular weight is 404 g/mol. The number of carbonyl (C=O) groups excluding carboxylic acids is 1. The van der Waals surface area contributed by atoms with Crippen LogP contribution in [0, 0.1) is 0 Å². The Hall–Kier alpha value is -1.35. The first-order valence-corrected chi connectivity index (χ1v) is 12.0. The number of methoxy groups -OCH3 is 1. The van der Waals surface area contributed by atoms with Crippen LogP contribution in [0.2, 0.25) is 0 Å². The van der Waals surface area contributed by atoms with E-state index in [0.29, 0.717) is 12.8 Å². The topological polar surface area (TPSA) is 52.3 Å². The molecule has 3 nitrogen and oxygen atoms in total. The molecule has 3 heteroatoms. The van der Waals surface area contributed by atoms with Gasteiger partial charge < -0.3 is 10.5 Å². The Morgan fingerprint density at radius 2 is 1.24 bits per heavy atom. The number of nitrogens with two attached hydrogens (primary N) is 1. The highest BCUT2D eigenvalue weighted by Crippen LogP contribution is 2.21. The van der Waals surface area contributed by atoms with Crippen LogP contribution in [0.25, 0.3) is 0 Å². The second-order valence-corrected chi connectivity index (χ2v) is 8.66. The lowest BCUT2D eigenvalue weighted by Gasteiger charge is -2.26. The number of ether oxygens (including phenoxy) is 1. The number of benzene rings is 1. The average Bonchev–Trinajstić information content (AvgIpc) is 2.74. The number of hydrogen-bond donors (Lipinski definition) is 1. The minimum Gasteiger partial charge on any atom is -0.468 e. The summed E-state index contributed by atoms with van der Waals surface area (Å²) >= 11 is 0. The monoisotopic (exact) mass is 403 g/mol. The molecule has 0 amide bonds. The van der Waals surface area contributed by atoms with Crippen LogP contribution in [0.3, 0.4) is 0 Å². The van der Waals surface area contributed by atoms with Gasteiger partial charge in [0.05, 0.1) is 7.11 Å². The third-order valence-corrected chi connectivity index (χ3v) is 5.93. The van der Waals surface area contributed by atoms with Gasteiger partial charge >= 0.3 is 5.97 Å². The zero-order chi connectivity index (χ0) is 21.2. The van der Waals surface area contributed by atoms with Gasteiger partial charge in [-0.05, 0) is 12.0 Å². The van der Waals surface area contributed by atoms with Gasteiger partial charge in [0, 0.05) is 6.42 Å². The SMILES string of the molecule is CCCCCCCCCCCCCCCCC(N)(Cc1ccccc1)C(=O)OC. The lowest BCUT2D eigenvalue weighted by Crippen LogP contribution is -2.50. The van der Waals surface area contributed by atoms with Crippen LogP contribution in [0.15, 0.2) is 30.3 Å². The summed E-state index contributed by atoms with van der Waals surface area (Å²) in [6, 6.07) is 10.00. The number of unbranched alkanes of at least 4 members (excludes halogenated alkanes) is 13. The maximum Gasteiger partial charge on any atom is 0.326 e. The Morgan fingerprint density at radius 3 is 1.69 bits per heavy atom. The van der Waals surface area contributed by atoms with Crippen molar-refractivity contribution in [2.75, 3.05) is 7.11 Å². The van der Waals surface area contributed by atoms with E-state index in [9.17, 15) is 4.79 Å². The number of carbonyl (C=O) groups is 1. The van der Waals surface area contributed by atoms with Crippen molar-refractivity contribution in [3.05, 3.63) is 35.9 Å². The molecule has 0 aliphatic carbocycles. The Morgan fingerprint density at radius 1 is 0.793 bits per heavy atom. The maximum absolute atomic E-state index is 12.3. The minimum atomic E-state index is -0.909. The molecule has 0 spiro atoms. The van der Waals surface area contributed by atoms with Gasteiger partial charge in [-0.2, -0.15) is 0 Å². The number of rotatable bonds is 18. The zero-order valence-corrected chi connectivity index (χ0v) is 19.1. The fraction of sp³-hybridized carbons (Fsp3) is 0.731. The predicted octanol–water partition coefficient (Wildman–Crippen LogP) is 6.97. The van der Waals surface area contributed by atoms with Gasteiger partial charge in [-0.25, -0.2) is 0 Å². The molecule has 0 saturated heterocycles. The molecule has 0 aliphatic rings. The fourth-order valence-electron chi connectivity index (χ4n) is 4.06. The summed E-state index contributed by atoms with van der Waals surface area (Å²) in [5, 5.41) is 0. The summed E-state index contributed by atoms with van der Waals surface area (Å²) in [4.78, 5) is 12.3. The van der Waals surface area contributed by atoms with Crippen molar-refractivity contribution in [2.45, 2.75) is 115 Å². The molecule has 0 aromatic heterocycles. The highest BCUT2D eigenvalue weighted by molar-refractivity contribution is 5.80. The quantitative estimate of drug-likeness (QED) is 0.213. The van der Waals surface area contributed by atoms with E-state index in [1.807, 2.05) is 30.3 Å². The Kier molecular flexibility index (Phi) is 14.6. The van der Waals surface area contributed by atoms with E-state index in [1.54, 1.807) is 0 Å². The molecule has 1 aromatic carbocycles. The zero-order valence-electron chi connectivity index (χ0n) is 19.1. The first kappa shape index (κ1) is 25.7. The van der Waals surface area contributed by atoms with Crippen molar-refractivity contribution in [3.63, 3.8) is 0 Å². The Labute approximate surface area is 179 Å². The summed E-state index contributed by atoms with van der Waals surface area (Å²) in [6.07, 6.45) is 19.8. The molecule has 1 aromatic rings. The molecule has 0 radical (unpaired) electrons. The van der Waals surface area contributed by atoms with Gasteiger partial charge in [0.2, 0.25) is 0 Å². The number of esters is 1. The van der Waals surface area contributed by atoms with Crippen LogP contribution >= 0.6 is 0 Å². The molecule has 0 fully saturated rings. The van der Waals surface area contributed by atoms with E-state index in [-0.39, 0.29) is 5.97 Å². The van der Waals surface area contributed by atoms with Gasteiger partial charge in [-0.15, -0.1) is 0 Å². The van der Waals surface area contributed by atoms with Crippen molar-refractivity contribution in [1.29, 1.82) is 0 Å². The molecule has 0 heterocycles. The van der Waals surface area contributed by atoms with E-state index in [1.165, 1.54) is 84.2 Å². The minimum absolute atomic E-state index is 0.295. The molecule has 1 rings (SSSR count). The standard InChI is InChI=1S/C26H45NO2/c1-3-4-5-6-7-8-9-10-11-12-13-14-15-19-22-26(27,25(28)29-2)23-24-20-17-16-18-21-24/h16-18,20-21H,3-15,19,22-23,27H2,1-2H3. The largest absolute Gasteiger partial charge is 0.468 e. The third-order valence-electron chi connectivity index (χ3n) is 5.93. The lowest BCUT2D eigenvalue weighted by atomic mass is 9.86. The lowest BCUT2D eigenvalue weighted by molar-refractivity contribution is -0.147. The van der Waals surface area contributed by atoms with Crippen molar-refractivity contribution in [2.24, 2.45) is 5.73 Å². The Balaban J connectivity index is 2.08. The van der Waals surface area contributed by atoms with Gasteiger partial charge in [0.1, 0.15) is 5.54 Å². The summed E-state index contributed by atoms with van der Waals surface area (Å²) in [6.45, 7) is 2.27. The second kappa shape index (κ2) is 16.4. The van der Waals surface area contributed by atoms with E-state index in [0.717, 1.165) is 18.4 Å². The van der Waals surface area contributed by atoms with Crippen molar-refractivity contribution in [1.82, 2.24) is 0 Å². The van der Waals surface area contributed by atoms with Crippen molar-refractivity contribution in [3.8, 4) is 0 Å². The molecular weight excluding hydrogens is 358 g/mol. The van der Waals surface area contributed by atoms with E-state index in [2.05, 4.69) is 6.92 Å². The first-order valence-electron chi connectivity index (χ1n) is 12.0. The van der Waals surface area contributed by atoms with E-state index < -0.39 is 5.54 Å². The van der Waals surface area contributed by atoms with Crippen LogP contribution in [-0.4, -0.2) is 18.6 Å². The fourth-order valence-corrected chi connectivity index (χ4v) is 4.06. The van der Waals surface area contributed by atoms with Crippen molar-refractivity contribution >= 4 is 5.97 Å². The predicted molar refractivity (Wildman–Crippen MR) is 124 cm³/mol. The normalized spacial score (nSPS) is 13.2. The molecular formula is C26H45NO2.